The maximum Gasteiger partial charge on any atom is 0.265 e. The minimum atomic E-state index is -4.01. The number of aryl methyl sites for hydroxylation is 1. The summed E-state index contributed by atoms with van der Waals surface area (Å²) in [5.41, 5.74) is 4.92. The van der Waals surface area contributed by atoms with Crippen LogP contribution in [0.5, 0.6) is 0 Å². The van der Waals surface area contributed by atoms with Crippen LogP contribution in [0.25, 0.3) is 22.2 Å². The van der Waals surface area contributed by atoms with Gasteiger partial charge in [-0.15, -0.1) is 0 Å². The standard InChI is InChI=1S/C32H28N4O3S/c1-2-3-16-30-34-29-15-9-10-25(21-33)31(29)36(30)22-23-17-19-24(20-18-23)27-13-7-8-14-28(27)32(37)35-40(38,39)26-11-5-4-6-12-26/h4-15,17-20H,2-3,16,22H2,1H3,(H,35,37). The molecule has 200 valence electrons. The number of hydrogen-bond donors (Lipinski definition) is 1. The van der Waals surface area contributed by atoms with Gasteiger partial charge in [0.15, 0.2) is 0 Å². The SMILES string of the molecule is CCCCc1nc2cccc(C#N)c2n1Cc1ccc(-c2ccccc2C(=O)NS(=O)(=O)c2ccccc2)cc1. The summed E-state index contributed by atoms with van der Waals surface area (Å²) in [4.78, 5) is 17.9. The molecule has 1 aromatic heterocycles. The molecule has 0 radical (unpaired) electrons. The lowest BCUT2D eigenvalue weighted by molar-refractivity contribution is 0.0982. The normalized spacial score (nSPS) is 11.3. The number of sulfonamides is 1. The highest BCUT2D eigenvalue weighted by Gasteiger charge is 2.21. The highest BCUT2D eigenvalue weighted by atomic mass is 32.2. The summed E-state index contributed by atoms with van der Waals surface area (Å²) in [6, 6.07) is 30.4. The molecular weight excluding hydrogens is 520 g/mol. The summed E-state index contributed by atoms with van der Waals surface area (Å²) in [5, 5.41) is 9.72. The molecule has 1 heterocycles. The van der Waals surface area contributed by atoms with Crippen molar-refractivity contribution in [2.45, 2.75) is 37.6 Å². The largest absolute Gasteiger partial charge is 0.322 e. The van der Waals surface area contributed by atoms with Crippen LogP contribution in [-0.2, 0) is 23.0 Å². The molecule has 5 aromatic rings. The molecule has 0 aliphatic carbocycles. The lowest BCUT2D eigenvalue weighted by atomic mass is 9.98. The Morgan fingerprint density at radius 1 is 0.925 bits per heavy atom. The van der Waals surface area contributed by atoms with Gasteiger partial charge in [0.2, 0.25) is 0 Å². The number of amides is 1. The average Bonchev–Trinajstić information content (AvgIpc) is 3.33. The Morgan fingerprint density at radius 3 is 2.38 bits per heavy atom. The fourth-order valence-electron chi connectivity index (χ4n) is 4.76. The Labute approximate surface area is 233 Å². The maximum atomic E-state index is 13.1. The van der Waals surface area contributed by atoms with Gasteiger partial charge < -0.3 is 4.57 Å². The third-order valence-electron chi connectivity index (χ3n) is 6.78. The summed E-state index contributed by atoms with van der Waals surface area (Å²) in [6.07, 6.45) is 2.87. The van der Waals surface area contributed by atoms with E-state index in [0.29, 0.717) is 17.7 Å². The molecule has 1 amide bonds. The number of carbonyl (C=O) groups excluding carboxylic acids is 1. The van der Waals surface area contributed by atoms with Crippen molar-refractivity contribution in [1.82, 2.24) is 14.3 Å². The molecule has 5 rings (SSSR count). The Balaban J connectivity index is 1.43. The van der Waals surface area contributed by atoms with E-state index in [-0.39, 0.29) is 10.5 Å². The van der Waals surface area contributed by atoms with Crippen LogP contribution in [0.15, 0.2) is 102 Å². The summed E-state index contributed by atoms with van der Waals surface area (Å²) in [7, 11) is -4.01. The predicted molar refractivity (Wildman–Crippen MR) is 155 cm³/mol. The number of nitrogens with zero attached hydrogens (tertiary/aromatic N) is 3. The highest BCUT2D eigenvalue weighted by molar-refractivity contribution is 7.90. The molecule has 0 aliphatic heterocycles. The van der Waals surface area contributed by atoms with E-state index in [0.717, 1.165) is 47.2 Å². The van der Waals surface area contributed by atoms with E-state index in [1.165, 1.54) is 12.1 Å². The topological polar surface area (TPSA) is 105 Å². The van der Waals surface area contributed by atoms with E-state index in [4.69, 9.17) is 4.98 Å². The van der Waals surface area contributed by atoms with Gasteiger partial charge >= 0.3 is 0 Å². The molecule has 40 heavy (non-hydrogen) atoms. The van der Waals surface area contributed by atoms with Gasteiger partial charge in [0.05, 0.1) is 21.5 Å². The van der Waals surface area contributed by atoms with Crippen molar-refractivity contribution in [2.75, 3.05) is 0 Å². The molecule has 0 atom stereocenters. The van der Waals surface area contributed by atoms with Crippen LogP contribution < -0.4 is 4.72 Å². The third-order valence-corrected chi connectivity index (χ3v) is 8.12. The lowest BCUT2D eigenvalue weighted by Crippen LogP contribution is -2.30. The van der Waals surface area contributed by atoms with Crippen molar-refractivity contribution in [1.29, 1.82) is 5.26 Å². The second kappa shape index (κ2) is 11.6. The summed E-state index contributed by atoms with van der Waals surface area (Å²) in [5.74, 6) is 0.253. The van der Waals surface area contributed by atoms with Crippen LogP contribution in [0, 0.1) is 11.3 Å². The van der Waals surface area contributed by atoms with Gasteiger partial charge in [0, 0.05) is 18.5 Å². The van der Waals surface area contributed by atoms with Gasteiger partial charge in [-0.2, -0.15) is 5.26 Å². The fourth-order valence-corrected chi connectivity index (χ4v) is 5.75. The van der Waals surface area contributed by atoms with E-state index in [1.807, 2.05) is 48.5 Å². The quantitative estimate of drug-likeness (QED) is 0.240. The molecule has 1 N–H and O–H groups in total. The summed E-state index contributed by atoms with van der Waals surface area (Å²) in [6.45, 7) is 2.69. The molecule has 0 saturated heterocycles. The van der Waals surface area contributed by atoms with E-state index in [9.17, 15) is 18.5 Å². The number of unbranched alkanes of at least 4 members (excludes halogenated alkanes) is 1. The first-order valence-electron chi connectivity index (χ1n) is 13.1. The Bertz CT molecular complexity index is 1820. The molecule has 7 nitrogen and oxygen atoms in total. The minimum absolute atomic E-state index is 0.0232. The van der Waals surface area contributed by atoms with Crippen molar-refractivity contribution in [3.05, 3.63) is 120 Å². The van der Waals surface area contributed by atoms with Crippen molar-refractivity contribution in [2.24, 2.45) is 0 Å². The first-order chi connectivity index (χ1) is 19.4. The highest BCUT2D eigenvalue weighted by Crippen LogP contribution is 2.27. The Hall–Kier alpha value is -4.74. The minimum Gasteiger partial charge on any atom is -0.322 e. The predicted octanol–water partition coefficient (Wildman–Crippen LogP) is 6.08. The van der Waals surface area contributed by atoms with Crippen LogP contribution in [0.1, 0.15) is 47.1 Å². The molecule has 8 heteroatoms. The number of nitriles is 1. The summed E-state index contributed by atoms with van der Waals surface area (Å²) >= 11 is 0. The fraction of sp³-hybridized carbons (Fsp3) is 0.156. The van der Waals surface area contributed by atoms with Gasteiger partial charge in [0.25, 0.3) is 15.9 Å². The molecule has 0 spiro atoms. The number of carbonyl (C=O) groups is 1. The number of rotatable bonds is 9. The first-order valence-corrected chi connectivity index (χ1v) is 14.6. The maximum absolute atomic E-state index is 13.1. The molecule has 0 aliphatic rings. The number of fused-ring (bicyclic) bond motifs is 1. The second-order valence-corrected chi connectivity index (χ2v) is 11.2. The zero-order chi connectivity index (χ0) is 28.1. The van der Waals surface area contributed by atoms with Crippen molar-refractivity contribution >= 4 is 27.0 Å². The number of nitrogens with one attached hydrogen (secondary N) is 1. The van der Waals surface area contributed by atoms with Crippen LogP contribution in [0.3, 0.4) is 0 Å². The van der Waals surface area contributed by atoms with Gasteiger partial charge in [-0.1, -0.05) is 80.1 Å². The molecule has 0 saturated carbocycles. The zero-order valence-corrected chi connectivity index (χ0v) is 22.9. The van der Waals surface area contributed by atoms with Crippen LogP contribution in [-0.4, -0.2) is 23.9 Å². The Kier molecular flexibility index (Phi) is 7.76. The molecule has 0 unspecified atom stereocenters. The van der Waals surface area contributed by atoms with Crippen molar-refractivity contribution in [3.8, 4) is 17.2 Å². The van der Waals surface area contributed by atoms with E-state index in [1.54, 1.807) is 36.4 Å². The molecule has 0 bridgehead atoms. The second-order valence-electron chi connectivity index (χ2n) is 9.49. The smallest absolute Gasteiger partial charge is 0.265 e. The van der Waals surface area contributed by atoms with Gasteiger partial charge in [-0.3, -0.25) is 4.79 Å². The molecule has 4 aromatic carbocycles. The van der Waals surface area contributed by atoms with E-state index >= 15 is 0 Å². The summed E-state index contributed by atoms with van der Waals surface area (Å²) < 4.78 is 29.8. The number of para-hydroxylation sites is 1. The monoisotopic (exact) mass is 548 g/mol. The average molecular weight is 549 g/mol. The molecular formula is C32H28N4O3S. The van der Waals surface area contributed by atoms with Crippen LogP contribution in [0.4, 0.5) is 0 Å². The van der Waals surface area contributed by atoms with Gasteiger partial charge in [0.1, 0.15) is 11.9 Å². The molecule has 0 fully saturated rings. The first kappa shape index (κ1) is 26.9. The number of aromatic nitrogens is 2. The number of imidazole rings is 1. The van der Waals surface area contributed by atoms with Gasteiger partial charge in [-0.25, -0.2) is 18.1 Å². The van der Waals surface area contributed by atoms with Crippen molar-refractivity contribution < 1.29 is 13.2 Å². The third kappa shape index (κ3) is 5.51. The van der Waals surface area contributed by atoms with Crippen molar-refractivity contribution in [3.63, 3.8) is 0 Å². The number of hydrogen-bond acceptors (Lipinski definition) is 5. The van der Waals surface area contributed by atoms with Crippen LogP contribution in [0.2, 0.25) is 0 Å². The Morgan fingerprint density at radius 2 is 1.65 bits per heavy atom. The van der Waals surface area contributed by atoms with Gasteiger partial charge in [-0.05, 0) is 53.4 Å². The van der Waals surface area contributed by atoms with E-state index in [2.05, 4.69) is 22.3 Å². The van der Waals surface area contributed by atoms with E-state index < -0.39 is 15.9 Å². The zero-order valence-electron chi connectivity index (χ0n) is 22.0. The number of benzene rings is 4. The van der Waals surface area contributed by atoms with Crippen LogP contribution >= 0.6 is 0 Å². The lowest BCUT2D eigenvalue weighted by Gasteiger charge is -2.13.